The Kier molecular flexibility index (Phi) is 9.15. The van der Waals surface area contributed by atoms with Crippen molar-refractivity contribution in [1.29, 1.82) is 0 Å². The Morgan fingerprint density at radius 3 is 2.33 bits per heavy atom. The Morgan fingerprint density at radius 2 is 1.77 bits per heavy atom. The molecule has 2 aromatic rings. The number of piperazine rings is 1. The molecule has 1 saturated heterocycles. The molecule has 3 rings (SSSR count). The van der Waals surface area contributed by atoms with Gasteiger partial charge in [-0.05, 0) is 36.8 Å². The number of hydrogen-bond acceptors (Lipinski definition) is 5. The predicted molar refractivity (Wildman–Crippen MR) is 124 cm³/mol. The first-order valence-corrected chi connectivity index (χ1v) is 9.65. The van der Waals surface area contributed by atoms with Gasteiger partial charge in [0.05, 0.1) is 25.5 Å². The Hall–Kier alpha value is -2.56. The number of esters is 1. The van der Waals surface area contributed by atoms with Crippen LogP contribution in [-0.2, 0) is 11.3 Å². The van der Waals surface area contributed by atoms with Crippen LogP contribution in [0.15, 0.2) is 52.1 Å². The smallest absolute Gasteiger partial charge is 0.337 e. The molecule has 0 radical (unpaired) electrons. The van der Waals surface area contributed by atoms with Gasteiger partial charge in [0.15, 0.2) is 11.7 Å². The van der Waals surface area contributed by atoms with E-state index < -0.39 is 0 Å². The van der Waals surface area contributed by atoms with Crippen molar-refractivity contribution in [3.63, 3.8) is 0 Å². The lowest BCUT2D eigenvalue weighted by Crippen LogP contribution is -2.53. The van der Waals surface area contributed by atoms with E-state index in [1.165, 1.54) is 13.4 Å². The second-order valence-electron chi connectivity index (χ2n) is 6.62. The molecule has 0 bridgehead atoms. The third kappa shape index (κ3) is 5.97. The van der Waals surface area contributed by atoms with Crippen LogP contribution in [0.1, 0.15) is 33.4 Å². The summed E-state index contributed by atoms with van der Waals surface area (Å²) >= 11 is 0. The van der Waals surface area contributed by atoms with Crippen LogP contribution in [0.4, 0.5) is 0 Å². The number of amides is 1. The number of guanidine groups is 1. The molecule has 9 heteroatoms. The van der Waals surface area contributed by atoms with Crippen LogP contribution < -0.4 is 5.32 Å². The highest BCUT2D eigenvalue weighted by Gasteiger charge is 2.25. The van der Waals surface area contributed by atoms with Crippen LogP contribution in [0, 0.1) is 0 Å². The van der Waals surface area contributed by atoms with Crippen molar-refractivity contribution in [2.45, 2.75) is 13.5 Å². The fourth-order valence-electron chi connectivity index (χ4n) is 3.13. The van der Waals surface area contributed by atoms with E-state index in [4.69, 9.17) is 14.1 Å². The summed E-state index contributed by atoms with van der Waals surface area (Å²) < 4.78 is 9.93. The number of carbonyl (C=O) groups is 2. The average Bonchev–Trinajstić information content (AvgIpc) is 3.31. The summed E-state index contributed by atoms with van der Waals surface area (Å²) in [6.07, 6.45) is 1.51. The minimum Gasteiger partial charge on any atom is -0.465 e. The molecule has 162 valence electrons. The maximum absolute atomic E-state index is 12.4. The zero-order valence-electron chi connectivity index (χ0n) is 17.2. The number of methoxy groups -OCH3 is 1. The van der Waals surface area contributed by atoms with Crippen molar-refractivity contribution in [2.75, 3.05) is 39.8 Å². The van der Waals surface area contributed by atoms with Crippen molar-refractivity contribution < 1.29 is 18.7 Å². The summed E-state index contributed by atoms with van der Waals surface area (Å²) in [5.41, 5.74) is 1.52. The van der Waals surface area contributed by atoms with Gasteiger partial charge in [-0.15, -0.1) is 24.0 Å². The van der Waals surface area contributed by atoms with Gasteiger partial charge in [0.2, 0.25) is 0 Å². The summed E-state index contributed by atoms with van der Waals surface area (Å²) in [6.45, 7) is 5.88. The maximum Gasteiger partial charge on any atom is 0.337 e. The van der Waals surface area contributed by atoms with Crippen LogP contribution in [-0.4, -0.2) is 67.5 Å². The fourth-order valence-corrected chi connectivity index (χ4v) is 3.13. The van der Waals surface area contributed by atoms with Crippen molar-refractivity contribution in [3.8, 4) is 0 Å². The van der Waals surface area contributed by atoms with E-state index in [9.17, 15) is 9.59 Å². The van der Waals surface area contributed by atoms with Gasteiger partial charge in [-0.25, -0.2) is 9.79 Å². The molecule has 1 N–H and O–H groups in total. The van der Waals surface area contributed by atoms with Gasteiger partial charge in [0.1, 0.15) is 0 Å². The Labute approximate surface area is 193 Å². The van der Waals surface area contributed by atoms with Crippen LogP contribution >= 0.6 is 24.0 Å². The van der Waals surface area contributed by atoms with Gasteiger partial charge in [0.25, 0.3) is 5.91 Å². The zero-order valence-corrected chi connectivity index (χ0v) is 19.5. The van der Waals surface area contributed by atoms with E-state index in [1.807, 2.05) is 19.1 Å². The van der Waals surface area contributed by atoms with E-state index in [1.54, 1.807) is 29.2 Å². The molecular formula is C21H27IN4O4. The van der Waals surface area contributed by atoms with Gasteiger partial charge < -0.3 is 24.3 Å². The van der Waals surface area contributed by atoms with E-state index in [2.05, 4.69) is 10.2 Å². The molecule has 30 heavy (non-hydrogen) atoms. The van der Waals surface area contributed by atoms with Crippen LogP contribution in [0.25, 0.3) is 0 Å². The highest BCUT2D eigenvalue weighted by atomic mass is 127. The molecule has 1 aliphatic heterocycles. The first kappa shape index (κ1) is 23.7. The second kappa shape index (κ2) is 11.6. The Bertz CT molecular complexity index is 844. The van der Waals surface area contributed by atoms with Crippen molar-refractivity contribution in [2.24, 2.45) is 4.99 Å². The minimum atomic E-state index is -0.352. The quantitative estimate of drug-likeness (QED) is 0.279. The van der Waals surface area contributed by atoms with Crippen LogP contribution in [0.3, 0.4) is 0 Å². The van der Waals surface area contributed by atoms with Gasteiger partial charge in [-0.3, -0.25) is 4.79 Å². The molecule has 1 aliphatic rings. The number of rotatable bonds is 5. The fraction of sp³-hybridized carbons (Fsp3) is 0.381. The maximum atomic E-state index is 12.4. The van der Waals surface area contributed by atoms with Crippen molar-refractivity contribution >= 4 is 41.8 Å². The summed E-state index contributed by atoms with van der Waals surface area (Å²) in [5.74, 6) is 0.752. The topological polar surface area (TPSA) is 87.4 Å². The average molecular weight is 526 g/mol. The number of nitrogens with one attached hydrogen (secondary N) is 1. The first-order valence-electron chi connectivity index (χ1n) is 9.65. The number of carbonyl (C=O) groups excluding carboxylic acids is 2. The number of halogens is 1. The Morgan fingerprint density at radius 1 is 1.10 bits per heavy atom. The number of hydrogen-bond donors (Lipinski definition) is 1. The monoisotopic (exact) mass is 526 g/mol. The van der Waals surface area contributed by atoms with E-state index in [0.717, 1.165) is 18.1 Å². The molecule has 0 unspecified atom stereocenters. The SMILES string of the molecule is CCNC(=NCc1ccc(C(=O)OC)cc1)N1CCN(C(=O)c2ccco2)CC1.I. The molecule has 0 aliphatic carbocycles. The lowest BCUT2D eigenvalue weighted by atomic mass is 10.1. The molecule has 2 heterocycles. The third-order valence-electron chi connectivity index (χ3n) is 4.72. The van der Waals surface area contributed by atoms with Gasteiger partial charge in [-0.1, -0.05) is 12.1 Å². The molecule has 1 amide bonds. The number of ether oxygens (including phenoxy) is 1. The molecule has 1 aromatic heterocycles. The summed E-state index contributed by atoms with van der Waals surface area (Å²) in [5, 5.41) is 3.31. The largest absolute Gasteiger partial charge is 0.465 e. The Balaban J connectivity index is 0.00000320. The highest BCUT2D eigenvalue weighted by Crippen LogP contribution is 2.11. The zero-order chi connectivity index (χ0) is 20.6. The lowest BCUT2D eigenvalue weighted by Gasteiger charge is -2.36. The number of benzene rings is 1. The number of nitrogens with zero attached hydrogens (tertiary/aromatic N) is 3. The van der Waals surface area contributed by atoms with Crippen molar-refractivity contribution in [1.82, 2.24) is 15.1 Å². The normalized spacial score (nSPS) is 14.1. The highest BCUT2D eigenvalue weighted by molar-refractivity contribution is 14.0. The molecule has 0 saturated carbocycles. The molecule has 0 atom stereocenters. The minimum absolute atomic E-state index is 0. The lowest BCUT2D eigenvalue weighted by molar-refractivity contribution is 0.0600. The van der Waals surface area contributed by atoms with Crippen LogP contribution in [0.2, 0.25) is 0 Å². The van der Waals surface area contributed by atoms with Gasteiger partial charge >= 0.3 is 5.97 Å². The van der Waals surface area contributed by atoms with E-state index >= 15 is 0 Å². The van der Waals surface area contributed by atoms with Crippen LogP contribution in [0.5, 0.6) is 0 Å². The predicted octanol–water partition coefficient (Wildman–Crippen LogP) is 2.61. The van der Waals surface area contributed by atoms with Crippen molar-refractivity contribution in [3.05, 3.63) is 59.5 Å². The molecule has 1 aromatic carbocycles. The van der Waals surface area contributed by atoms with Gasteiger partial charge in [-0.2, -0.15) is 0 Å². The third-order valence-corrected chi connectivity index (χ3v) is 4.72. The van der Waals surface area contributed by atoms with Gasteiger partial charge in [0, 0.05) is 32.7 Å². The molecule has 8 nitrogen and oxygen atoms in total. The standard InChI is InChI=1S/C21H26N4O4.HI/c1-3-22-21(23-15-16-6-8-17(9-7-16)20(27)28-2)25-12-10-24(11-13-25)19(26)18-5-4-14-29-18;/h4-9,14H,3,10-13,15H2,1-2H3,(H,22,23);1H. The summed E-state index contributed by atoms with van der Waals surface area (Å²) in [6, 6.07) is 10.6. The first-order chi connectivity index (χ1) is 14.1. The number of furan rings is 1. The van der Waals surface area contributed by atoms with E-state index in [0.29, 0.717) is 44.0 Å². The summed E-state index contributed by atoms with van der Waals surface area (Å²) in [4.78, 5) is 32.6. The molecule has 1 fully saturated rings. The molecular weight excluding hydrogens is 499 g/mol. The second-order valence-corrected chi connectivity index (χ2v) is 6.62. The van der Waals surface area contributed by atoms with E-state index in [-0.39, 0.29) is 35.9 Å². The molecule has 0 spiro atoms. The summed E-state index contributed by atoms with van der Waals surface area (Å²) in [7, 11) is 1.37. The number of aliphatic imine (C=N–C) groups is 1.